The van der Waals surface area contributed by atoms with Crippen LogP contribution in [0, 0.1) is 5.21 Å². The molecule has 9 heavy (non-hydrogen) atoms. The first kappa shape index (κ1) is 7.96. The minimum atomic E-state index is 0.0624. The smallest absolute Gasteiger partial charge is 0.230 e. The van der Waals surface area contributed by atoms with Gasteiger partial charge in [-0.05, 0) is 0 Å². The van der Waals surface area contributed by atoms with E-state index in [1.165, 1.54) is 7.05 Å². The van der Waals surface area contributed by atoms with Crippen molar-refractivity contribution < 1.29 is 10.2 Å². The molecule has 6 heteroatoms. The summed E-state index contributed by atoms with van der Waals surface area (Å²) in [6.07, 6.45) is 0. The van der Waals surface area contributed by atoms with Gasteiger partial charge in [0.15, 0.2) is 0 Å². The molecule has 0 saturated carbocycles. The molecule has 54 valence electrons. The van der Waals surface area contributed by atoms with Crippen LogP contribution in [0.3, 0.4) is 0 Å². The molecule has 0 aliphatic heterocycles. The van der Waals surface area contributed by atoms with Crippen LogP contribution in [0.5, 0.6) is 0 Å². The van der Waals surface area contributed by atoms with Gasteiger partial charge in [0, 0.05) is 6.54 Å². The van der Waals surface area contributed by atoms with Crippen LogP contribution in [0.15, 0.2) is 5.28 Å². The zero-order valence-corrected chi connectivity index (χ0v) is 5.19. The lowest BCUT2D eigenvalue weighted by atomic mass is 10.6. The number of rotatable bonds is 3. The fourth-order valence-electron chi connectivity index (χ4n) is 0.341. The van der Waals surface area contributed by atoms with Crippen LogP contribution in [-0.2, 0) is 0 Å². The SMILES string of the molecule is CN(CCN)/[N+]([O-])=N\O. The second kappa shape index (κ2) is 3.90. The third-order valence-electron chi connectivity index (χ3n) is 0.821. The Morgan fingerprint density at radius 2 is 2.44 bits per heavy atom. The standard InChI is InChI=1S/C3H10N4O2/c1-6(3-2-4)7(9)5-8/h8H,2-4H2,1H3/b7-5+. The number of hydrogen-bond donors (Lipinski definition) is 2. The quantitative estimate of drug-likeness (QED) is 0.299. The van der Waals surface area contributed by atoms with Gasteiger partial charge in [-0.1, -0.05) is 0 Å². The zero-order chi connectivity index (χ0) is 7.28. The molecular formula is C3H10N4O2. The van der Waals surface area contributed by atoms with Crippen LogP contribution in [0.4, 0.5) is 0 Å². The van der Waals surface area contributed by atoms with E-state index in [0.29, 0.717) is 13.1 Å². The summed E-state index contributed by atoms with van der Waals surface area (Å²) >= 11 is 0. The molecule has 0 spiro atoms. The molecule has 0 atom stereocenters. The van der Waals surface area contributed by atoms with Crippen LogP contribution in [0.25, 0.3) is 0 Å². The lowest BCUT2D eigenvalue weighted by Gasteiger charge is -2.09. The largest absolute Gasteiger partial charge is 0.569 e. The molecule has 0 amide bonds. The second-order valence-corrected chi connectivity index (χ2v) is 1.51. The van der Waals surface area contributed by atoms with E-state index in [4.69, 9.17) is 10.9 Å². The van der Waals surface area contributed by atoms with Crippen LogP contribution in [-0.4, -0.2) is 35.3 Å². The molecule has 0 aromatic carbocycles. The molecule has 0 aromatic rings. The van der Waals surface area contributed by atoms with E-state index in [2.05, 4.69) is 5.28 Å². The molecule has 0 fully saturated rings. The minimum Gasteiger partial charge on any atom is -0.569 e. The third kappa shape index (κ3) is 2.70. The Hall–Kier alpha value is -1.04. The van der Waals surface area contributed by atoms with Crippen molar-refractivity contribution in [2.75, 3.05) is 20.1 Å². The first-order chi connectivity index (χ1) is 4.22. The monoisotopic (exact) mass is 134 g/mol. The van der Waals surface area contributed by atoms with Crippen molar-refractivity contribution in [1.82, 2.24) is 5.01 Å². The van der Waals surface area contributed by atoms with Gasteiger partial charge in [0.25, 0.3) is 0 Å². The summed E-state index contributed by atoms with van der Waals surface area (Å²) in [7, 11) is 1.47. The zero-order valence-electron chi connectivity index (χ0n) is 5.19. The highest BCUT2D eigenvalue weighted by atomic mass is 16.6. The molecule has 6 nitrogen and oxygen atoms in total. The molecule has 0 heterocycles. The average Bonchev–Trinajstić information content (AvgIpc) is 1.87. The van der Waals surface area contributed by atoms with Crippen LogP contribution in [0.2, 0.25) is 0 Å². The molecule has 3 N–H and O–H groups in total. The number of nitrogens with two attached hydrogens (primary N) is 1. The van der Waals surface area contributed by atoms with Gasteiger partial charge >= 0.3 is 0 Å². The van der Waals surface area contributed by atoms with Crippen LogP contribution >= 0.6 is 0 Å². The highest BCUT2D eigenvalue weighted by Gasteiger charge is 2.01. The van der Waals surface area contributed by atoms with Crippen molar-refractivity contribution in [3.8, 4) is 0 Å². The molecule has 0 bridgehead atoms. The Kier molecular flexibility index (Phi) is 3.45. The Morgan fingerprint density at radius 3 is 2.78 bits per heavy atom. The van der Waals surface area contributed by atoms with Gasteiger partial charge in [0.05, 0.1) is 18.6 Å². The summed E-state index contributed by atoms with van der Waals surface area (Å²) in [5.74, 6) is 0. The van der Waals surface area contributed by atoms with Crippen LogP contribution < -0.4 is 5.73 Å². The van der Waals surface area contributed by atoms with Crippen molar-refractivity contribution in [1.29, 1.82) is 0 Å². The van der Waals surface area contributed by atoms with Gasteiger partial charge in [-0.15, -0.1) is 5.01 Å². The molecule has 0 aliphatic carbocycles. The van der Waals surface area contributed by atoms with Gasteiger partial charge in [-0.3, -0.25) is 0 Å². The Labute approximate surface area is 52.7 Å². The van der Waals surface area contributed by atoms with E-state index in [1.807, 2.05) is 0 Å². The van der Waals surface area contributed by atoms with Crippen molar-refractivity contribution in [2.45, 2.75) is 0 Å². The van der Waals surface area contributed by atoms with E-state index in [-0.39, 0.29) is 4.97 Å². The maximum Gasteiger partial charge on any atom is 0.230 e. The lowest BCUT2D eigenvalue weighted by molar-refractivity contribution is -0.703. The fourth-order valence-corrected chi connectivity index (χ4v) is 0.341. The Balaban J connectivity index is 3.59. The highest BCUT2D eigenvalue weighted by Crippen LogP contribution is 1.80. The minimum absolute atomic E-state index is 0.0624. The van der Waals surface area contributed by atoms with Gasteiger partial charge in [0.2, 0.25) is 5.28 Å². The molecule has 0 saturated heterocycles. The lowest BCUT2D eigenvalue weighted by Crippen LogP contribution is -2.31. The summed E-state index contributed by atoms with van der Waals surface area (Å²) < 4.78 is 0. The van der Waals surface area contributed by atoms with E-state index >= 15 is 0 Å². The molecule has 0 aliphatic rings. The summed E-state index contributed by atoms with van der Waals surface area (Å²) in [6.45, 7) is 0.721. The van der Waals surface area contributed by atoms with E-state index in [9.17, 15) is 5.21 Å². The first-order valence-corrected chi connectivity index (χ1v) is 2.45. The summed E-state index contributed by atoms with van der Waals surface area (Å²) in [6, 6.07) is 0. The summed E-state index contributed by atoms with van der Waals surface area (Å²) in [4.78, 5) is 0.0624. The third-order valence-corrected chi connectivity index (χ3v) is 0.821. The first-order valence-electron chi connectivity index (χ1n) is 2.45. The van der Waals surface area contributed by atoms with Crippen molar-refractivity contribution in [3.05, 3.63) is 5.21 Å². The summed E-state index contributed by atoms with van der Waals surface area (Å²) in [5, 5.41) is 21.7. The predicted octanol–water partition coefficient (Wildman–Crippen LogP) is -0.856. The average molecular weight is 134 g/mol. The maximum absolute atomic E-state index is 10.3. The van der Waals surface area contributed by atoms with E-state index in [1.54, 1.807) is 0 Å². The Bertz CT molecular complexity index is 104. The van der Waals surface area contributed by atoms with E-state index < -0.39 is 0 Å². The molecule has 0 unspecified atom stereocenters. The van der Waals surface area contributed by atoms with Crippen LogP contribution in [0.1, 0.15) is 0 Å². The topological polar surface area (TPSA) is 87.9 Å². The Morgan fingerprint density at radius 1 is 1.89 bits per heavy atom. The van der Waals surface area contributed by atoms with Gasteiger partial charge < -0.3 is 16.1 Å². The number of nitrogens with zero attached hydrogens (tertiary/aromatic N) is 3. The van der Waals surface area contributed by atoms with E-state index in [0.717, 1.165) is 5.01 Å². The number of hydrazine groups is 1. The van der Waals surface area contributed by atoms with Crippen molar-refractivity contribution in [3.63, 3.8) is 0 Å². The van der Waals surface area contributed by atoms with Gasteiger partial charge in [-0.25, -0.2) is 0 Å². The second-order valence-electron chi connectivity index (χ2n) is 1.51. The summed E-state index contributed by atoms with van der Waals surface area (Å²) in [5.41, 5.74) is 5.09. The molecule has 0 aromatic heterocycles. The number of hydrogen-bond acceptors (Lipinski definition) is 3. The highest BCUT2D eigenvalue weighted by molar-refractivity contribution is 4.34. The molecular weight excluding hydrogens is 124 g/mol. The number of likely N-dealkylation sites (N-methyl/N-ethyl adjacent to an activating group) is 1. The van der Waals surface area contributed by atoms with Gasteiger partial charge in [0.1, 0.15) is 0 Å². The van der Waals surface area contributed by atoms with Crippen molar-refractivity contribution >= 4 is 0 Å². The van der Waals surface area contributed by atoms with Crippen molar-refractivity contribution in [2.24, 2.45) is 11.0 Å². The van der Waals surface area contributed by atoms with Gasteiger partial charge in [-0.2, -0.15) is 0 Å². The normalized spacial score (nSPS) is 11.6. The predicted molar refractivity (Wildman–Crippen MR) is 29.5 cm³/mol. The molecule has 0 rings (SSSR count). The fraction of sp³-hybridized carbons (Fsp3) is 1.00. The maximum atomic E-state index is 10.3. The molecule has 0 radical (unpaired) electrons.